The molecule has 1 N–H and O–H groups in total. The Morgan fingerprint density at radius 3 is 2.30 bits per heavy atom. The summed E-state index contributed by atoms with van der Waals surface area (Å²) in [5.41, 5.74) is 3.17. The van der Waals surface area contributed by atoms with Crippen LogP contribution in [0.4, 0.5) is 0 Å². The smallest absolute Gasteiger partial charge is 0.227 e. The van der Waals surface area contributed by atoms with Crippen LogP contribution in [0.25, 0.3) is 12.2 Å². The highest BCUT2D eigenvalue weighted by molar-refractivity contribution is 5.81. The first kappa shape index (κ1) is 20.3. The summed E-state index contributed by atoms with van der Waals surface area (Å²) in [6.45, 7) is 1.01. The highest BCUT2D eigenvalue weighted by Gasteiger charge is 2.52. The maximum atomic E-state index is 13.0. The van der Waals surface area contributed by atoms with Crippen LogP contribution in [0.5, 0.6) is 0 Å². The van der Waals surface area contributed by atoms with Crippen LogP contribution in [-0.2, 0) is 9.53 Å². The highest BCUT2D eigenvalue weighted by atomic mass is 16.5. The van der Waals surface area contributed by atoms with Crippen molar-refractivity contribution in [2.75, 3.05) is 19.8 Å². The molecule has 30 heavy (non-hydrogen) atoms. The summed E-state index contributed by atoms with van der Waals surface area (Å²) in [4.78, 5) is 14.6. The first-order valence-corrected chi connectivity index (χ1v) is 10.5. The van der Waals surface area contributed by atoms with E-state index in [1.165, 1.54) is 0 Å². The van der Waals surface area contributed by atoms with Gasteiger partial charge in [0.05, 0.1) is 18.7 Å². The van der Waals surface area contributed by atoms with Gasteiger partial charge >= 0.3 is 0 Å². The summed E-state index contributed by atoms with van der Waals surface area (Å²) < 4.78 is 5.35. The van der Waals surface area contributed by atoms with Gasteiger partial charge in [-0.3, -0.25) is 4.79 Å². The van der Waals surface area contributed by atoms with E-state index in [9.17, 15) is 15.2 Å². The molecule has 0 unspecified atom stereocenters. The molecule has 4 rings (SSSR count). The number of aliphatic hydroxyl groups excluding tert-OH is 1. The molecule has 0 aromatic heterocycles. The van der Waals surface area contributed by atoms with E-state index < -0.39 is 6.04 Å². The van der Waals surface area contributed by atoms with Crippen molar-refractivity contribution in [2.24, 2.45) is 5.92 Å². The third-order valence-corrected chi connectivity index (χ3v) is 6.15. The van der Waals surface area contributed by atoms with Crippen LogP contribution in [0.2, 0.25) is 0 Å². The van der Waals surface area contributed by atoms with Crippen molar-refractivity contribution in [3.63, 3.8) is 0 Å². The average molecular weight is 402 g/mol. The molecular weight excluding hydrogens is 376 g/mol. The zero-order chi connectivity index (χ0) is 20.9. The summed E-state index contributed by atoms with van der Waals surface area (Å²) in [5.74, 6) is -0.311. The van der Waals surface area contributed by atoms with E-state index in [4.69, 9.17) is 4.74 Å². The Hall–Kier alpha value is -2.94. The number of nitriles is 1. The van der Waals surface area contributed by atoms with Crippen molar-refractivity contribution in [1.82, 2.24) is 4.90 Å². The molecule has 0 radical (unpaired) electrons. The number of nitrogens with zero attached hydrogens (tertiary/aromatic N) is 2. The Kier molecular flexibility index (Phi) is 6.27. The first-order chi connectivity index (χ1) is 14.7. The number of rotatable bonds is 5. The lowest BCUT2D eigenvalue weighted by atomic mass is 9.74. The molecule has 2 heterocycles. The van der Waals surface area contributed by atoms with Gasteiger partial charge in [-0.15, -0.1) is 0 Å². The van der Waals surface area contributed by atoms with Gasteiger partial charge in [0.25, 0.3) is 0 Å². The number of carbonyl (C=O) groups is 1. The maximum absolute atomic E-state index is 13.0. The fourth-order valence-corrected chi connectivity index (χ4v) is 4.45. The molecular formula is C25H26N2O3. The molecule has 2 aliphatic heterocycles. The van der Waals surface area contributed by atoms with Gasteiger partial charge in [-0.05, 0) is 29.5 Å². The predicted octanol–water partition coefficient (Wildman–Crippen LogP) is 3.46. The van der Waals surface area contributed by atoms with Crippen LogP contribution in [0.3, 0.4) is 0 Å². The molecule has 2 saturated heterocycles. The summed E-state index contributed by atoms with van der Waals surface area (Å²) >= 11 is 0. The lowest BCUT2D eigenvalue weighted by molar-refractivity contribution is -0.154. The standard InChI is InChI=1S/C25H26N2O3/c26-16-22-24(23(17-28)27(22)25(29)21-12-14-30-15-13-21)20-10-8-19(9-11-20)7-6-18-4-2-1-3-5-18/h1-11,21-24,28H,12-15,17H2/b7-6+/t22-,23+,24+/m0/s1. The minimum Gasteiger partial charge on any atom is -0.394 e. The van der Waals surface area contributed by atoms with Gasteiger partial charge in [0, 0.05) is 25.0 Å². The van der Waals surface area contributed by atoms with Gasteiger partial charge in [-0.25, -0.2) is 0 Å². The van der Waals surface area contributed by atoms with Crippen LogP contribution in [0.1, 0.15) is 35.4 Å². The molecule has 0 aliphatic carbocycles. The molecule has 0 spiro atoms. The minimum absolute atomic E-state index is 0.0254. The first-order valence-electron chi connectivity index (χ1n) is 10.5. The number of hydrogen-bond acceptors (Lipinski definition) is 4. The summed E-state index contributed by atoms with van der Waals surface area (Å²) in [6.07, 6.45) is 5.46. The van der Waals surface area contributed by atoms with Gasteiger partial charge in [-0.2, -0.15) is 5.26 Å². The lowest BCUT2D eigenvalue weighted by Gasteiger charge is -2.52. The molecule has 3 atom stereocenters. The molecule has 0 saturated carbocycles. The predicted molar refractivity (Wildman–Crippen MR) is 115 cm³/mol. The Balaban J connectivity index is 1.48. The lowest BCUT2D eigenvalue weighted by Crippen LogP contribution is -2.66. The number of amides is 1. The van der Waals surface area contributed by atoms with E-state index in [-0.39, 0.29) is 30.4 Å². The van der Waals surface area contributed by atoms with Crippen molar-refractivity contribution in [1.29, 1.82) is 5.26 Å². The van der Waals surface area contributed by atoms with Gasteiger partial charge in [-0.1, -0.05) is 66.7 Å². The molecule has 0 bridgehead atoms. The summed E-state index contributed by atoms with van der Waals surface area (Å²) in [7, 11) is 0. The van der Waals surface area contributed by atoms with Crippen LogP contribution in [0, 0.1) is 17.2 Å². The molecule has 5 heteroatoms. The second-order valence-corrected chi connectivity index (χ2v) is 7.89. The third-order valence-electron chi connectivity index (χ3n) is 6.15. The van der Waals surface area contributed by atoms with Crippen molar-refractivity contribution < 1.29 is 14.6 Å². The second-order valence-electron chi connectivity index (χ2n) is 7.89. The van der Waals surface area contributed by atoms with E-state index in [1.807, 2.05) is 60.7 Å². The Morgan fingerprint density at radius 1 is 1.07 bits per heavy atom. The summed E-state index contributed by atoms with van der Waals surface area (Å²) in [6, 6.07) is 19.5. The molecule has 2 aromatic rings. The number of carbonyl (C=O) groups excluding carboxylic acids is 1. The van der Waals surface area contributed by atoms with Crippen LogP contribution < -0.4 is 0 Å². The van der Waals surface area contributed by atoms with Gasteiger partial charge in [0.15, 0.2) is 0 Å². The quantitative estimate of drug-likeness (QED) is 0.778. The SMILES string of the molecule is N#C[C@H]1[C@@H](c2ccc(/C=C/c3ccccc3)cc2)[C@@H](CO)N1C(=O)C1CCOCC1. The maximum Gasteiger partial charge on any atom is 0.227 e. The molecule has 2 aliphatic rings. The average Bonchev–Trinajstić information content (AvgIpc) is 2.79. The number of ether oxygens (including phenoxy) is 1. The zero-order valence-corrected chi connectivity index (χ0v) is 16.9. The van der Waals surface area contributed by atoms with Gasteiger partial charge in [0.1, 0.15) is 6.04 Å². The minimum atomic E-state index is -0.539. The highest BCUT2D eigenvalue weighted by Crippen LogP contribution is 2.42. The van der Waals surface area contributed by atoms with Gasteiger partial charge < -0.3 is 14.7 Å². The van der Waals surface area contributed by atoms with Crippen LogP contribution in [0.15, 0.2) is 54.6 Å². The monoisotopic (exact) mass is 402 g/mol. The Bertz CT molecular complexity index is 927. The fraction of sp³-hybridized carbons (Fsp3) is 0.360. The third kappa shape index (κ3) is 4.02. The number of aliphatic hydroxyl groups is 1. The zero-order valence-electron chi connectivity index (χ0n) is 16.9. The number of hydrogen-bond donors (Lipinski definition) is 1. The van der Waals surface area contributed by atoms with E-state index in [1.54, 1.807) is 4.90 Å². The molecule has 2 aromatic carbocycles. The topological polar surface area (TPSA) is 73.6 Å². The number of likely N-dealkylation sites (tertiary alicyclic amines) is 1. The van der Waals surface area contributed by atoms with Gasteiger partial charge in [0.2, 0.25) is 5.91 Å². The van der Waals surface area contributed by atoms with Crippen molar-refractivity contribution in [3.8, 4) is 6.07 Å². The largest absolute Gasteiger partial charge is 0.394 e. The van der Waals surface area contributed by atoms with E-state index >= 15 is 0 Å². The van der Waals surface area contributed by atoms with Crippen LogP contribution >= 0.6 is 0 Å². The van der Waals surface area contributed by atoms with Crippen molar-refractivity contribution in [2.45, 2.75) is 30.8 Å². The molecule has 1 amide bonds. The Morgan fingerprint density at radius 2 is 1.70 bits per heavy atom. The van der Waals surface area contributed by atoms with Crippen molar-refractivity contribution in [3.05, 3.63) is 71.3 Å². The molecule has 5 nitrogen and oxygen atoms in total. The van der Waals surface area contributed by atoms with E-state index in [2.05, 4.69) is 12.1 Å². The summed E-state index contributed by atoms with van der Waals surface area (Å²) in [5, 5.41) is 19.7. The normalized spacial score (nSPS) is 24.4. The molecule has 154 valence electrons. The second kappa shape index (κ2) is 9.25. The fourth-order valence-electron chi connectivity index (χ4n) is 4.45. The van der Waals surface area contributed by atoms with Crippen LogP contribution in [-0.4, -0.2) is 47.8 Å². The van der Waals surface area contributed by atoms with E-state index in [0.717, 1.165) is 16.7 Å². The van der Waals surface area contributed by atoms with E-state index in [0.29, 0.717) is 26.1 Å². The van der Waals surface area contributed by atoms with Crippen molar-refractivity contribution >= 4 is 18.1 Å². The number of benzene rings is 2. The molecule has 2 fully saturated rings. The Labute approximate surface area is 177 Å².